The van der Waals surface area contributed by atoms with Gasteiger partial charge in [0.2, 0.25) is 5.91 Å². The Balaban J connectivity index is 1.60. The van der Waals surface area contributed by atoms with Crippen molar-refractivity contribution in [3.05, 3.63) is 47.3 Å². The average molecular weight is 398 g/mol. The van der Waals surface area contributed by atoms with Gasteiger partial charge < -0.3 is 9.88 Å². The zero-order valence-electron chi connectivity index (χ0n) is 13.4. The summed E-state index contributed by atoms with van der Waals surface area (Å²) < 4.78 is 39.5. The number of carbonyl (C=O) groups excluding carboxylic acids is 1. The number of nitrogens with zero attached hydrogens (tertiary/aromatic N) is 3. The van der Waals surface area contributed by atoms with E-state index in [0.717, 1.165) is 23.4 Å². The summed E-state index contributed by atoms with van der Waals surface area (Å²) in [6.07, 6.45) is -4.41. The molecule has 136 valence electrons. The molecule has 0 radical (unpaired) electrons. The molecule has 0 bridgehead atoms. The van der Waals surface area contributed by atoms with Crippen molar-refractivity contribution in [3.63, 3.8) is 0 Å². The first kappa shape index (κ1) is 18.5. The molecule has 0 unspecified atom stereocenters. The van der Waals surface area contributed by atoms with Crippen LogP contribution in [-0.4, -0.2) is 26.4 Å². The Kier molecular flexibility index (Phi) is 5.33. The largest absolute Gasteiger partial charge is 0.425 e. The summed E-state index contributed by atoms with van der Waals surface area (Å²) in [6.45, 7) is 0. The molecular formula is C16H13F3N4OS2. The fourth-order valence-electron chi connectivity index (χ4n) is 2.14. The Bertz CT molecular complexity index is 906. The van der Waals surface area contributed by atoms with Gasteiger partial charge in [0.15, 0.2) is 11.0 Å². The van der Waals surface area contributed by atoms with Crippen LogP contribution in [-0.2, 0) is 18.0 Å². The van der Waals surface area contributed by atoms with E-state index in [0.29, 0.717) is 22.3 Å². The van der Waals surface area contributed by atoms with Crippen LogP contribution >= 0.6 is 23.1 Å². The monoisotopic (exact) mass is 398 g/mol. The first-order valence-corrected chi connectivity index (χ1v) is 9.19. The molecule has 1 N–H and O–H groups in total. The molecule has 10 heteroatoms. The van der Waals surface area contributed by atoms with E-state index in [1.165, 1.54) is 6.07 Å². The first-order chi connectivity index (χ1) is 12.3. The highest BCUT2D eigenvalue weighted by atomic mass is 32.2. The maximum Gasteiger partial charge on any atom is 0.425 e. The molecule has 1 amide bonds. The Morgan fingerprint density at radius 2 is 1.92 bits per heavy atom. The van der Waals surface area contributed by atoms with Crippen LogP contribution in [0.15, 0.2) is 47.6 Å². The quantitative estimate of drug-likeness (QED) is 0.652. The fourth-order valence-corrected chi connectivity index (χ4v) is 3.64. The lowest BCUT2D eigenvalue weighted by molar-refractivity contribution is -0.134. The third-order valence-electron chi connectivity index (χ3n) is 3.35. The minimum Gasteiger partial charge on any atom is -0.317 e. The number of carbonyl (C=O) groups is 1. The van der Waals surface area contributed by atoms with E-state index in [1.807, 2.05) is 30.3 Å². The molecule has 0 fully saturated rings. The Labute approximate surface area is 155 Å². The zero-order valence-corrected chi connectivity index (χ0v) is 15.1. The summed E-state index contributed by atoms with van der Waals surface area (Å²) in [5.41, 5.74) is 0.900. The molecule has 0 aliphatic carbocycles. The number of rotatable bonds is 5. The van der Waals surface area contributed by atoms with Gasteiger partial charge in [-0.05, 0) is 12.1 Å². The molecule has 1 aromatic carbocycles. The smallest absolute Gasteiger partial charge is 0.317 e. The van der Waals surface area contributed by atoms with Crippen molar-refractivity contribution >= 4 is 34.0 Å². The van der Waals surface area contributed by atoms with Gasteiger partial charge in [-0.3, -0.25) is 4.79 Å². The molecule has 0 atom stereocenters. The Morgan fingerprint density at radius 1 is 1.19 bits per heavy atom. The fraction of sp³-hybridized carbons (Fsp3) is 0.188. The lowest BCUT2D eigenvalue weighted by Crippen LogP contribution is -2.13. The van der Waals surface area contributed by atoms with Crippen LogP contribution in [0.1, 0.15) is 4.88 Å². The molecule has 3 rings (SSSR count). The lowest BCUT2D eigenvalue weighted by atomic mass is 10.2. The number of amides is 1. The number of thiophene rings is 1. The summed E-state index contributed by atoms with van der Waals surface area (Å²) in [4.78, 5) is 11.2. The topological polar surface area (TPSA) is 59.8 Å². The van der Waals surface area contributed by atoms with E-state index in [1.54, 1.807) is 11.6 Å². The van der Waals surface area contributed by atoms with Gasteiger partial charge in [0.05, 0.1) is 10.8 Å². The van der Waals surface area contributed by atoms with Crippen LogP contribution in [0.4, 0.5) is 18.2 Å². The number of hydrogen-bond donors (Lipinski definition) is 1. The Morgan fingerprint density at radius 3 is 2.58 bits per heavy atom. The molecule has 2 aromatic heterocycles. The zero-order chi connectivity index (χ0) is 18.7. The summed E-state index contributed by atoms with van der Waals surface area (Å²) in [6, 6.07) is 11.7. The van der Waals surface area contributed by atoms with E-state index in [9.17, 15) is 18.0 Å². The van der Waals surface area contributed by atoms with Gasteiger partial charge in [0.25, 0.3) is 0 Å². The SMILES string of the molecule is Cn1c(SCC(=O)Nc2ccc(C(F)(F)F)s2)nnc1-c1ccccc1. The molecule has 0 aliphatic heterocycles. The average Bonchev–Trinajstić information content (AvgIpc) is 3.20. The molecular weight excluding hydrogens is 385 g/mol. The third kappa shape index (κ3) is 4.25. The summed E-state index contributed by atoms with van der Waals surface area (Å²) in [5, 5.41) is 11.3. The number of aromatic nitrogens is 3. The van der Waals surface area contributed by atoms with Gasteiger partial charge in [-0.25, -0.2) is 0 Å². The molecule has 0 aliphatic rings. The highest BCUT2D eigenvalue weighted by Gasteiger charge is 2.32. The van der Waals surface area contributed by atoms with Crippen molar-refractivity contribution < 1.29 is 18.0 Å². The van der Waals surface area contributed by atoms with Gasteiger partial charge in [-0.1, -0.05) is 42.1 Å². The van der Waals surface area contributed by atoms with E-state index in [2.05, 4.69) is 15.5 Å². The van der Waals surface area contributed by atoms with Crippen LogP contribution in [0.2, 0.25) is 0 Å². The molecule has 0 saturated carbocycles. The van der Waals surface area contributed by atoms with Gasteiger partial charge in [0, 0.05) is 12.6 Å². The van der Waals surface area contributed by atoms with E-state index in [4.69, 9.17) is 0 Å². The second-order valence-electron chi connectivity index (χ2n) is 5.23. The number of benzene rings is 1. The van der Waals surface area contributed by atoms with Gasteiger partial charge in [-0.15, -0.1) is 21.5 Å². The van der Waals surface area contributed by atoms with Gasteiger partial charge in [0.1, 0.15) is 4.88 Å². The first-order valence-electron chi connectivity index (χ1n) is 7.39. The van der Waals surface area contributed by atoms with Crippen LogP contribution in [0.3, 0.4) is 0 Å². The number of alkyl halides is 3. The van der Waals surface area contributed by atoms with Crippen LogP contribution in [0.25, 0.3) is 11.4 Å². The van der Waals surface area contributed by atoms with Gasteiger partial charge in [-0.2, -0.15) is 13.2 Å². The molecule has 5 nitrogen and oxygen atoms in total. The predicted octanol–water partition coefficient (Wildman–Crippen LogP) is 4.29. The van der Waals surface area contributed by atoms with Crippen LogP contribution in [0, 0.1) is 0 Å². The second-order valence-corrected chi connectivity index (χ2v) is 7.26. The van der Waals surface area contributed by atoms with E-state index < -0.39 is 17.0 Å². The number of nitrogens with one attached hydrogen (secondary N) is 1. The van der Waals surface area contributed by atoms with Crippen LogP contribution < -0.4 is 5.32 Å². The van der Waals surface area contributed by atoms with Gasteiger partial charge >= 0.3 is 6.18 Å². The molecule has 0 saturated heterocycles. The lowest BCUT2D eigenvalue weighted by Gasteiger charge is -2.04. The number of thioether (sulfide) groups is 1. The maximum atomic E-state index is 12.6. The maximum absolute atomic E-state index is 12.6. The summed E-state index contributed by atoms with van der Waals surface area (Å²) in [7, 11) is 1.79. The summed E-state index contributed by atoms with van der Waals surface area (Å²) >= 11 is 1.66. The second kappa shape index (κ2) is 7.50. The van der Waals surface area contributed by atoms with Crippen LogP contribution in [0.5, 0.6) is 0 Å². The normalized spacial score (nSPS) is 11.5. The van der Waals surface area contributed by atoms with Crippen molar-refractivity contribution in [2.75, 3.05) is 11.1 Å². The number of anilines is 1. The highest BCUT2D eigenvalue weighted by Crippen LogP contribution is 2.36. The van der Waals surface area contributed by atoms with E-state index in [-0.39, 0.29) is 10.8 Å². The number of halogens is 3. The third-order valence-corrected chi connectivity index (χ3v) is 5.41. The minimum absolute atomic E-state index is 0.0139. The number of hydrogen-bond acceptors (Lipinski definition) is 5. The van der Waals surface area contributed by atoms with E-state index >= 15 is 0 Å². The molecule has 3 aromatic rings. The standard InChI is InChI=1S/C16H13F3N4OS2/c1-23-14(10-5-3-2-4-6-10)21-22-15(23)25-9-12(24)20-13-8-7-11(26-13)16(17,18)19/h2-8H,9H2,1H3,(H,20,24). The Hall–Kier alpha value is -2.33. The van der Waals surface area contributed by atoms with Crippen molar-refractivity contribution in [3.8, 4) is 11.4 Å². The van der Waals surface area contributed by atoms with Crippen molar-refractivity contribution in [2.45, 2.75) is 11.3 Å². The van der Waals surface area contributed by atoms with Crippen molar-refractivity contribution in [1.29, 1.82) is 0 Å². The summed E-state index contributed by atoms with van der Waals surface area (Å²) in [5.74, 6) is 0.274. The predicted molar refractivity (Wildman–Crippen MR) is 95.1 cm³/mol. The molecule has 26 heavy (non-hydrogen) atoms. The van der Waals surface area contributed by atoms with Crippen molar-refractivity contribution in [1.82, 2.24) is 14.8 Å². The van der Waals surface area contributed by atoms with Crippen molar-refractivity contribution in [2.24, 2.45) is 7.05 Å². The molecule has 2 heterocycles. The highest BCUT2D eigenvalue weighted by molar-refractivity contribution is 7.99. The molecule has 0 spiro atoms. The minimum atomic E-state index is -4.41.